The Morgan fingerprint density at radius 1 is 1.12 bits per heavy atom. The molecule has 0 aromatic heterocycles. The Morgan fingerprint density at radius 3 is 2.18 bits per heavy atom. The van der Waals surface area contributed by atoms with Gasteiger partial charge in [0, 0.05) is 12.6 Å². The van der Waals surface area contributed by atoms with Crippen molar-refractivity contribution < 1.29 is 0 Å². The number of nitrogens with zero attached hydrogens (tertiary/aromatic N) is 1. The fraction of sp³-hybridized carbons (Fsp3) is 0.600. The normalized spacial score (nSPS) is 13.4. The zero-order valence-corrected chi connectivity index (χ0v) is 11.6. The van der Waals surface area contributed by atoms with Gasteiger partial charge in [-0.05, 0) is 44.0 Å². The van der Waals surface area contributed by atoms with Crippen molar-refractivity contribution in [1.82, 2.24) is 4.90 Å². The highest BCUT2D eigenvalue weighted by Crippen LogP contribution is 2.15. The van der Waals surface area contributed by atoms with Crippen LogP contribution in [0.1, 0.15) is 44.2 Å². The quantitative estimate of drug-likeness (QED) is 0.820. The van der Waals surface area contributed by atoms with Gasteiger partial charge >= 0.3 is 0 Å². The van der Waals surface area contributed by atoms with Crippen molar-refractivity contribution in [2.75, 3.05) is 13.6 Å². The molecule has 0 saturated heterocycles. The molecule has 1 unspecified atom stereocenters. The van der Waals surface area contributed by atoms with E-state index in [9.17, 15) is 0 Å². The predicted molar refractivity (Wildman–Crippen MR) is 75.1 cm³/mol. The summed E-state index contributed by atoms with van der Waals surface area (Å²) in [6.07, 6.45) is 1.06. The lowest BCUT2D eigenvalue weighted by Gasteiger charge is -2.18. The lowest BCUT2D eigenvalue weighted by Crippen LogP contribution is -2.25. The number of nitrogens with two attached hydrogens (primary N) is 1. The first-order valence-corrected chi connectivity index (χ1v) is 6.52. The topological polar surface area (TPSA) is 29.3 Å². The molecular formula is C15H26N2. The molecule has 96 valence electrons. The van der Waals surface area contributed by atoms with E-state index in [-0.39, 0.29) is 0 Å². The van der Waals surface area contributed by atoms with Crippen LogP contribution in [0.5, 0.6) is 0 Å². The zero-order valence-electron chi connectivity index (χ0n) is 11.6. The van der Waals surface area contributed by atoms with E-state index >= 15 is 0 Å². The molecule has 0 radical (unpaired) electrons. The van der Waals surface area contributed by atoms with Crippen molar-refractivity contribution in [3.05, 3.63) is 35.4 Å². The van der Waals surface area contributed by atoms with Crippen molar-refractivity contribution in [2.45, 2.75) is 45.7 Å². The van der Waals surface area contributed by atoms with E-state index in [1.807, 2.05) is 0 Å². The summed E-state index contributed by atoms with van der Waals surface area (Å²) in [5.74, 6) is 0.611. The Kier molecular flexibility index (Phi) is 5.66. The van der Waals surface area contributed by atoms with Crippen LogP contribution < -0.4 is 5.73 Å². The van der Waals surface area contributed by atoms with Gasteiger partial charge in [0.1, 0.15) is 0 Å². The maximum absolute atomic E-state index is 5.76. The second-order valence-corrected chi connectivity index (χ2v) is 5.40. The molecule has 0 amide bonds. The van der Waals surface area contributed by atoms with Gasteiger partial charge in [0.25, 0.3) is 0 Å². The lowest BCUT2D eigenvalue weighted by molar-refractivity contribution is 0.313. The fourth-order valence-corrected chi connectivity index (χ4v) is 1.82. The molecule has 0 heterocycles. The minimum Gasteiger partial charge on any atom is -0.328 e. The summed E-state index contributed by atoms with van der Waals surface area (Å²) in [6.45, 7) is 8.58. The summed E-state index contributed by atoms with van der Waals surface area (Å²) in [6, 6.07) is 9.23. The van der Waals surface area contributed by atoms with E-state index in [2.05, 4.69) is 57.0 Å². The number of hydrogen-bond acceptors (Lipinski definition) is 2. The monoisotopic (exact) mass is 234 g/mol. The van der Waals surface area contributed by atoms with Crippen LogP contribution in [0.15, 0.2) is 24.3 Å². The van der Waals surface area contributed by atoms with Crippen LogP contribution in [0.4, 0.5) is 0 Å². The molecule has 0 saturated carbocycles. The molecule has 0 aliphatic rings. The molecule has 0 bridgehead atoms. The standard InChI is InChI=1S/C15H26N2/c1-12(2)15-7-5-14(6-8-15)11-17(4)10-9-13(3)16/h5-8,12-13H,9-11,16H2,1-4H3. The van der Waals surface area contributed by atoms with E-state index in [1.54, 1.807) is 0 Å². The third-order valence-corrected chi connectivity index (χ3v) is 3.07. The molecule has 0 fully saturated rings. The molecule has 2 N–H and O–H groups in total. The van der Waals surface area contributed by atoms with Crippen LogP contribution in [0.3, 0.4) is 0 Å². The highest BCUT2D eigenvalue weighted by Gasteiger charge is 2.03. The van der Waals surface area contributed by atoms with Crippen LogP contribution in [-0.4, -0.2) is 24.5 Å². The van der Waals surface area contributed by atoms with Gasteiger partial charge in [0.05, 0.1) is 0 Å². The van der Waals surface area contributed by atoms with Crippen molar-refractivity contribution in [3.63, 3.8) is 0 Å². The molecule has 17 heavy (non-hydrogen) atoms. The summed E-state index contributed by atoms with van der Waals surface area (Å²) in [5, 5.41) is 0. The molecule has 1 atom stereocenters. The zero-order chi connectivity index (χ0) is 12.8. The maximum Gasteiger partial charge on any atom is 0.0230 e. The van der Waals surface area contributed by atoms with Crippen molar-refractivity contribution in [2.24, 2.45) is 5.73 Å². The summed E-state index contributed by atoms with van der Waals surface area (Å²) in [5.41, 5.74) is 8.55. The molecular weight excluding hydrogens is 208 g/mol. The highest BCUT2D eigenvalue weighted by molar-refractivity contribution is 5.24. The van der Waals surface area contributed by atoms with Crippen LogP contribution in [0.2, 0.25) is 0 Å². The van der Waals surface area contributed by atoms with Crippen molar-refractivity contribution in [3.8, 4) is 0 Å². The summed E-state index contributed by atoms with van der Waals surface area (Å²) >= 11 is 0. The Balaban J connectivity index is 2.45. The third kappa shape index (κ3) is 5.33. The Morgan fingerprint density at radius 2 is 1.71 bits per heavy atom. The van der Waals surface area contributed by atoms with Gasteiger partial charge in [0.2, 0.25) is 0 Å². The third-order valence-electron chi connectivity index (χ3n) is 3.07. The van der Waals surface area contributed by atoms with Gasteiger partial charge in [-0.1, -0.05) is 38.1 Å². The van der Waals surface area contributed by atoms with Gasteiger partial charge in [-0.3, -0.25) is 0 Å². The van der Waals surface area contributed by atoms with Gasteiger partial charge < -0.3 is 10.6 Å². The van der Waals surface area contributed by atoms with Crippen molar-refractivity contribution >= 4 is 0 Å². The summed E-state index contributed by atoms with van der Waals surface area (Å²) < 4.78 is 0. The average molecular weight is 234 g/mol. The molecule has 2 nitrogen and oxygen atoms in total. The van der Waals surface area contributed by atoms with Gasteiger partial charge in [0.15, 0.2) is 0 Å². The number of rotatable bonds is 6. The van der Waals surface area contributed by atoms with E-state index in [1.165, 1.54) is 11.1 Å². The highest BCUT2D eigenvalue weighted by atomic mass is 15.1. The van der Waals surface area contributed by atoms with Gasteiger partial charge in [-0.15, -0.1) is 0 Å². The molecule has 0 aliphatic carbocycles. The first-order chi connectivity index (χ1) is 7.99. The fourth-order valence-electron chi connectivity index (χ4n) is 1.82. The average Bonchev–Trinajstić information content (AvgIpc) is 2.27. The van der Waals surface area contributed by atoms with Crippen LogP contribution >= 0.6 is 0 Å². The molecule has 0 spiro atoms. The van der Waals surface area contributed by atoms with Crippen LogP contribution in [-0.2, 0) is 6.54 Å². The first-order valence-electron chi connectivity index (χ1n) is 6.52. The van der Waals surface area contributed by atoms with E-state index in [0.29, 0.717) is 12.0 Å². The lowest BCUT2D eigenvalue weighted by atomic mass is 10.0. The van der Waals surface area contributed by atoms with Crippen LogP contribution in [0, 0.1) is 0 Å². The Labute approximate surface area is 106 Å². The van der Waals surface area contributed by atoms with Crippen molar-refractivity contribution in [1.29, 1.82) is 0 Å². The van der Waals surface area contributed by atoms with Gasteiger partial charge in [-0.2, -0.15) is 0 Å². The Bertz CT molecular complexity index is 314. The minimum absolute atomic E-state index is 0.292. The second-order valence-electron chi connectivity index (χ2n) is 5.40. The SMILES string of the molecule is CC(N)CCN(C)Cc1ccc(C(C)C)cc1. The smallest absolute Gasteiger partial charge is 0.0230 e. The predicted octanol–water partition coefficient (Wildman–Crippen LogP) is 2.98. The molecule has 1 aromatic rings. The summed E-state index contributed by atoms with van der Waals surface area (Å²) in [4.78, 5) is 2.33. The van der Waals surface area contributed by atoms with Gasteiger partial charge in [-0.25, -0.2) is 0 Å². The largest absolute Gasteiger partial charge is 0.328 e. The minimum atomic E-state index is 0.292. The molecule has 1 rings (SSSR count). The summed E-state index contributed by atoms with van der Waals surface area (Å²) in [7, 11) is 2.15. The maximum atomic E-state index is 5.76. The Hall–Kier alpha value is -0.860. The number of benzene rings is 1. The molecule has 0 aliphatic heterocycles. The number of hydrogen-bond donors (Lipinski definition) is 1. The van der Waals surface area contributed by atoms with Crippen LogP contribution in [0.25, 0.3) is 0 Å². The van der Waals surface area contributed by atoms with E-state index in [0.717, 1.165) is 19.5 Å². The molecule has 1 aromatic carbocycles. The molecule has 2 heteroatoms. The van der Waals surface area contributed by atoms with E-state index in [4.69, 9.17) is 5.73 Å². The second kappa shape index (κ2) is 6.77. The van der Waals surface area contributed by atoms with E-state index < -0.39 is 0 Å². The first kappa shape index (κ1) is 14.2.